The fourth-order valence-corrected chi connectivity index (χ4v) is 3.76. The van der Waals surface area contributed by atoms with Crippen molar-refractivity contribution >= 4 is 21.7 Å². The SMILES string of the molecule is CCC1CCC(NC(=O)c2ccc(CS(C)(=O)=O)o2)(C(=O)O)CC1. The van der Waals surface area contributed by atoms with Crippen LogP contribution in [0.4, 0.5) is 0 Å². The standard InChI is InChI=1S/C16H23NO6S/c1-3-11-6-8-16(9-7-11,15(19)20)17-14(18)13-5-4-12(23-13)10-24(2,21)22/h4-5,11H,3,6-10H2,1-2H3,(H,17,18)(H,19,20). The van der Waals surface area contributed by atoms with Crippen molar-refractivity contribution < 1.29 is 27.5 Å². The van der Waals surface area contributed by atoms with Crippen LogP contribution in [-0.4, -0.2) is 37.2 Å². The van der Waals surface area contributed by atoms with Gasteiger partial charge in [-0.3, -0.25) is 4.79 Å². The number of nitrogens with one attached hydrogen (secondary N) is 1. The minimum absolute atomic E-state index is 0.0770. The molecule has 134 valence electrons. The molecule has 0 radical (unpaired) electrons. The summed E-state index contributed by atoms with van der Waals surface area (Å²) in [7, 11) is -3.27. The molecule has 1 fully saturated rings. The van der Waals surface area contributed by atoms with Gasteiger partial charge >= 0.3 is 5.97 Å². The summed E-state index contributed by atoms with van der Waals surface area (Å²) in [6, 6.07) is 2.78. The normalized spacial score (nSPS) is 24.5. The summed E-state index contributed by atoms with van der Waals surface area (Å²) in [5.74, 6) is -1.42. The lowest BCUT2D eigenvalue weighted by atomic mass is 9.75. The van der Waals surface area contributed by atoms with Gasteiger partial charge in [-0.2, -0.15) is 0 Å². The lowest BCUT2D eigenvalue weighted by molar-refractivity contribution is -0.146. The van der Waals surface area contributed by atoms with Crippen LogP contribution in [-0.2, 0) is 20.4 Å². The van der Waals surface area contributed by atoms with E-state index in [0.29, 0.717) is 18.8 Å². The first-order valence-corrected chi connectivity index (χ1v) is 10.0. The van der Waals surface area contributed by atoms with Gasteiger partial charge in [0.2, 0.25) is 0 Å². The largest absolute Gasteiger partial charge is 0.480 e. The van der Waals surface area contributed by atoms with E-state index >= 15 is 0 Å². The predicted molar refractivity (Wildman–Crippen MR) is 87.3 cm³/mol. The molecule has 8 heteroatoms. The number of hydrogen-bond acceptors (Lipinski definition) is 5. The van der Waals surface area contributed by atoms with E-state index < -0.39 is 27.3 Å². The molecule has 1 amide bonds. The van der Waals surface area contributed by atoms with Gasteiger partial charge in [-0.05, 0) is 43.7 Å². The third-order valence-electron chi connectivity index (χ3n) is 4.59. The first kappa shape index (κ1) is 18.5. The zero-order chi connectivity index (χ0) is 18.0. The van der Waals surface area contributed by atoms with Gasteiger partial charge in [0, 0.05) is 6.26 Å². The summed E-state index contributed by atoms with van der Waals surface area (Å²) in [6.07, 6.45) is 4.33. The van der Waals surface area contributed by atoms with Gasteiger partial charge < -0.3 is 14.8 Å². The monoisotopic (exact) mass is 357 g/mol. The van der Waals surface area contributed by atoms with Gasteiger partial charge in [-0.25, -0.2) is 13.2 Å². The van der Waals surface area contributed by atoms with Crippen LogP contribution in [0.2, 0.25) is 0 Å². The van der Waals surface area contributed by atoms with E-state index in [1.807, 2.05) is 0 Å². The first-order valence-electron chi connectivity index (χ1n) is 7.97. The van der Waals surface area contributed by atoms with E-state index in [2.05, 4.69) is 12.2 Å². The summed E-state index contributed by atoms with van der Waals surface area (Å²) < 4.78 is 27.8. The highest BCUT2D eigenvalue weighted by Crippen LogP contribution is 2.34. The summed E-state index contributed by atoms with van der Waals surface area (Å²) in [4.78, 5) is 24.0. The van der Waals surface area contributed by atoms with Crippen LogP contribution < -0.4 is 5.32 Å². The van der Waals surface area contributed by atoms with Crippen LogP contribution in [0.15, 0.2) is 16.5 Å². The number of furan rings is 1. The zero-order valence-electron chi connectivity index (χ0n) is 13.9. The molecular weight excluding hydrogens is 334 g/mol. The van der Waals surface area contributed by atoms with Crippen molar-refractivity contribution in [1.29, 1.82) is 0 Å². The molecule has 7 nitrogen and oxygen atoms in total. The van der Waals surface area contributed by atoms with Crippen LogP contribution in [0.5, 0.6) is 0 Å². The Balaban J connectivity index is 2.10. The summed E-state index contributed by atoms with van der Waals surface area (Å²) in [5, 5.41) is 12.2. The van der Waals surface area contributed by atoms with E-state index in [1.165, 1.54) is 12.1 Å². The van der Waals surface area contributed by atoms with Crippen LogP contribution in [0.25, 0.3) is 0 Å². The second kappa shape index (κ2) is 6.96. The molecule has 1 saturated carbocycles. The fraction of sp³-hybridized carbons (Fsp3) is 0.625. The Morgan fingerprint density at radius 2 is 1.96 bits per heavy atom. The molecular formula is C16H23NO6S. The third-order valence-corrected chi connectivity index (χ3v) is 5.40. The van der Waals surface area contributed by atoms with Crippen molar-refractivity contribution in [3.63, 3.8) is 0 Å². The molecule has 1 aliphatic rings. The maximum atomic E-state index is 12.3. The van der Waals surface area contributed by atoms with Crippen molar-refractivity contribution in [1.82, 2.24) is 5.32 Å². The number of rotatable bonds is 6. The van der Waals surface area contributed by atoms with Crippen LogP contribution >= 0.6 is 0 Å². The highest BCUT2D eigenvalue weighted by molar-refractivity contribution is 7.89. The Morgan fingerprint density at radius 3 is 2.46 bits per heavy atom. The van der Waals surface area contributed by atoms with Crippen molar-refractivity contribution in [2.45, 2.75) is 50.3 Å². The second-order valence-corrected chi connectivity index (χ2v) is 8.67. The number of sulfone groups is 1. The highest BCUT2D eigenvalue weighted by Gasteiger charge is 2.43. The minimum Gasteiger partial charge on any atom is -0.480 e. The number of hydrogen-bond donors (Lipinski definition) is 2. The Morgan fingerprint density at radius 1 is 1.33 bits per heavy atom. The van der Waals surface area contributed by atoms with Crippen LogP contribution in [0.3, 0.4) is 0 Å². The molecule has 1 aliphatic carbocycles. The highest BCUT2D eigenvalue weighted by atomic mass is 32.2. The Hall–Kier alpha value is -1.83. The van der Waals surface area contributed by atoms with Gasteiger partial charge in [-0.15, -0.1) is 0 Å². The molecule has 0 atom stereocenters. The van der Waals surface area contributed by atoms with Crippen molar-refractivity contribution in [3.05, 3.63) is 23.7 Å². The smallest absolute Gasteiger partial charge is 0.329 e. The molecule has 1 aromatic rings. The molecule has 0 spiro atoms. The van der Waals surface area contributed by atoms with Crippen LogP contribution in [0, 0.1) is 5.92 Å². The number of carboxylic acid groups (broad SMARTS) is 1. The number of aliphatic carboxylic acids is 1. The van der Waals surface area contributed by atoms with E-state index in [0.717, 1.165) is 25.5 Å². The fourth-order valence-electron chi connectivity index (χ4n) is 3.09. The maximum absolute atomic E-state index is 12.3. The third kappa shape index (κ3) is 4.37. The average molecular weight is 357 g/mol. The van der Waals surface area contributed by atoms with Crippen molar-refractivity contribution in [2.75, 3.05) is 6.26 Å². The molecule has 24 heavy (non-hydrogen) atoms. The molecule has 0 bridgehead atoms. The zero-order valence-corrected chi connectivity index (χ0v) is 14.7. The Kier molecular flexibility index (Phi) is 5.37. The summed E-state index contributed by atoms with van der Waals surface area (Å²) in [6.45, 7) is 2.07. The Labute approximate surface area is 141 Å². The molecule has 2 rings (SSSR count). The molecule has 2 N–H and O–H groups in total. The molecule has 0 aromatic carbocycles. The molecule has 0 aliphatic heterocycles. The van der Waals surface area contributed by atoms with E-state index in [1.54, 1.807) is 0 Å². The van der Waals surface area contributed by atoms with Crippen molar-refractivity contribution in [3.8, 4) is 0 Å². The maximum Gasteiger partial charge on any atom is 0.329 e. The number of amides is 1. The van der Waals surface area contributed by atoms with Gasteiger partial charge in [0.1, 0.15) is 17.1 Å². The molecule has 1 heterocycles. The first-order chi connectivity index (χ1) is 11.1. The number of carboxylic acids is 1. The van der Waals surface area contributed by atoms with Gasteiger partial charge in [0.15, 0.2) is 15.6 Å². The predicted octanol–water partition coefficient (Wildman–Crippen LogP) is 1.98. The summed E-state index contributed by atoms with van der Waals surface area (Å²) >= 11 is 0. The number of carbonyl (C=O) groups is 2. The number of carbonyl (C=O) groups excluding carboxylic acids is 1. The molecule has 0 saturated heterocycles. The van der Waals surface area contributed by atoms with Crippen molar-refractivity contribution in [2.24, 2.45) is 5.92 Å². The van der Waals surface area contributed by atoms with Gasteiger partial charge in [-0.1, -0.05) is 13.3 Å². The van der Waals surface area contributed by atoms with Gasteiger partial charge in [0.25, 0.3) is 5.91 Å². The topological polar surface area (TPSA) is 114 Å². The van der Waals surface area contributed by atoms with Gasteiger partial charge in [0.05, 0.1) is 0 Å². The van der Waals surface area contributed by atoms with Crippen LogP contribution in [0.1, 0.15) is 55.3 Å². The van der Waals surface area contributed by atoms with E-state index in [4.69, 9.17) is 4.42 Å². The molecule has 1 aromatic heterocycles. The lowest BCUT2D eigenvalue weighted by Crippen LogP contribution is -2.56. The molecule has 0 unspecified atom stereocenters. The second-order valence-electron chi connectivity index (χ2n) is 6.53. The summed E-state index contributed by atoms with van der Waals surface area (Å²) in [5.41, 5.74) is -1.29. The van der Waals surface area contributed by atoms with E-state index in [-0.39, 0.29) is 17.3 Å². The Bertz CT molecular complexity index is 713. The van der Waals surface area contributed by atoms with E-state index in [9.17, 15) is 23.1 Å². The quantitative estimate of drug-likeness (QED) is 0.805. The average Bonchev–Trinajstić information content (AvgIpc) is 2.94. The minimum atomic E-state index is -3.27. The lowest BCUT2D eigenvalue weighted by Gasteiger charge is -2.36.